The van der Waals surface area contributed by atoms with E-state index in [0.29, 0.717) is 6.04 Å². The molecule has 6 rings (SSSR count). The average Bonchev–Trinajstić information content (AvgIpc) is 3.62. The first-order valence-electron chi connectivity index (χ1n) is 12.0. The molecular weight excluding hydrogens is 418 g/mol. The maximum absolute atomic E-state index is 5.14. The van der Waals surface area contributed by atoms with Crippen LogP contribution in [0.15, 0.2) is 85.3 Å². The molecule has 2 N–H and O–H groups in total. The molecule has 0 atom stereocenters. The van der Waals surface area contributed by atoms with E-state index < -0.39 is 0 Å². The molecule has 0 spiro atoms. The normalized spacial score (nSPS) is 14.1. The quantitative estimate of drug-likeness (QED) is 0.318. The Balaban J connectivity index is 1.42. The van der Waals surface area contributed by atoms with Crippen LogP contribution in [0.2, 0.25) is 0 Å². The van der Waals surface area contributed by atoms with Gasteiger partial charge < -0.3 is 5.32 Å². The van der Waals surface area contributed by atoms with Crippen LogP contribution in [0.1, 0.15) is 31.2 Å². The highest BCUT2D eigenvalue weighted by molar-refractivity contribution is 5.98. The van der Waals surface area contributed by atoms with Gasteiger partial charge in [0.15, 0.2) is 0 Å². The van der Waals surface area contributed by atoms with Crippen LogP contribution in [0.5, 0.6) is 0 Å². The van der Waals surface area contributed by atoms with E-state index in [0.717, 1.165) is 51.1 Å². The predicted molar refractivity (Wildman–Crippen MR) is 137 cm³/mol. The van der Waals surface area contributed by atoms with Crippen LogP contribution in [0.4, 0.5) is 0 Å². The summed E-state index contributed by atoms with van der Waals surface area (Å²) in [6, 6.07) is 24.2. The lowest BCUT2D eigenvalue weighted by Crippen LogP contribution is -2.25. The number of rotatable bonds is 6. The van der Waals surface area contributed by atoms with E-state index in [1.807, 2.05) is 24.5 Å². The van der Waals surface area contributed by atoms with Crippen molar-refractivity contribution in [2.45, 2.75) is 38.3 Å². The number of pyridine rings is 2. The lowest BCUT2D eigenvalue weighted by molar-refractivity contribution is 0.524. The lowest BCUT2D eigenvalue weighted by Gasteiger charge is -2.14. The first-order valence-corrected chi connectivity index (χ1v) is 12.0. The van der Waals surface area contributed by atoms with Gasteiger partial charge in [-0.1, -0.05) is 67.4 Å². The Labute approximate surface area is 199 Å². The van der Waals surface area contributed by atoms with E-state index in [4.69, 9.17) is 4.98 Å². The third kappa shape index (κ3) is 4.11. The lowest BCUT2D eigenvalue weighted by atomic mass is 9.96. The minimum Gasteiger partial charge on any atom is -0.310 e. The number of nitrogens with one attached hydrogen (secondary N) is 2. The number of fused-ring (bicyclic) bond motifs is 1. The Morgan fingerprint density at radius 3 is 2.44 bits per heavy atom. The van der Waals surface area contributed by atoms with E-state index in [1.54, 1.807) is 6.20 Å². The molecule has 0 radical (unpaired) electrons. The molecule has 0 bridgehead atoms. The molecule has 34 heavy (non-hydrogen) atoms. The molecule has 1 fully saturated rings. The zero-order valence-electron chi connectivity index (χ0n) is 19.0. The number of H-pyrrole nitrogens is 1. The maximum Gasteiger partial charge on any atom is 0.0827 e. The number of hydrogen-bond acceptors (Lipinski definition) is 4. The average molecular weight is 446 g/mol. The van der Waals surface area contributed by atoms with Gasteiger partial charge in [-0.3, -0.25) is 10.1 Å². The van der Waals surface area contributed by atoms with Crippen LogP contribution in [0, 0.1) is 0 Å². The van der Waals surface area contributed by atoms with Crippen molar-refractivity contribution in [3.63, 3.8) is 0 Å². The summed E-state index contributed by atoms with van der Waals surface area (Å²) in [5, 5.41) is 11.7. The summed E-state index contributed by atoms with van der Waals surface area (Å²) >= 11 is 0. The second-order valence-corrected chi connectivity index (χ2v) is 9.02. The number of aromatic amines is 1. The van der Waals surface area contributed by atoms with E-state index in [1.165, 1.54) is 31.2 Å². The van der Waals surface area contributed by atoms with Gasteiger partial charge >= 0.3 is 0 Å². The summed E-state index contributed by atoms with van der Waals surface area (Å²) in [7, 11) is 0. The molecule has 5 heteroatoms. The first kappa shape index (κ1) is 20.8. The van der Waals surface area contributed by atoms with Gasteiger partial charge in [0.1, 0.15) is 0 Å². The third-order valence-corrected chi connectivity index (χ3v) is 6.78. The van der Waals surface area contributed by atoms with Crippen LogP contribution in [0.25, 0.3) is 44.5 Å². The molecular formula is C29H27N5. The van der Waals surface area contributed by atoms with Crippen LogP contribution in [0.3, 0.4) is 0 Å². The van der Waals surface area contributed by atoms with Crippen LogP contribution >= 0.6 is 0 Å². The van der Waals surface area contributed by atoms with Crippen LogP contribution in [-0.2, 0) is 6.54 Å². The highest BCUT2D eigenvalue weighted by Gasteiger charge is 2.16. The van der Waals surface area contributed by atoms with Gasteiger partial charge in [-0.15, -0.1) is 0 Å². The Morgan fingerprint density at radius 1 is 0.853 bits per heavy atom. The summed E-state index contributed by atoms with van der Waals surface area (Å²) < 4.78 is 0. The molecule has 1 aliphatic rings. The van der Waals surface area contributed by atoms with E-state index in [-0.39, 0.29) is 0 Å². The van der Waals surface area contributed by atoms with Crippen molar-refractivity contribution in [3.05, 3.63) is 90.9 Å². The molecule has 1 saturated carbocycles. The summed E-state index contributed by atoms with van der Waals surface area (Å²) in [5.74, 6) is 0. The van der Waals surface area contributed by atoms with Crippen molar-refractivity contribution in [1.29, 1.82) is 0 Å². The van der Waals surface area contributed by atoms with Gasteiger partial charge in [-0.25, -0.2) is 4.98 Å². The highest BCUT2D eigenvalue weighted by atomic mass is 15.1. The van der Waals surface area contributed by atoms with Crippen LogP contribution in [-0.4, -0.2) is 26.2 Å². The zero-order valence-corrected chi connectivity index (χ0v) is 19.0. The minimum absolute atomic E-state index is 0.671. The van der Waals surface area contributed by atoms with Crippen molar-refractivity contribution in [2.24, 2.45) is 0 Å². The van der Waals surface area contributed by atoms with Gasteiger partial charge in [0.25, 0.3) is 0 Å². The first-order chi connectivity index (χ1) is 16.8. The van der Waals surface area contributed by atoms with Crippen molar-refractivity contribution >= 4 is 10.9 Å². The fourth-order valence-electron chi connectivity index (χ4n) is 4.94. The monoisotopic (exact) mass is 445 g/mol. The summed E-state index contributed by atoms with van der Waals surface area (Å²) in [6.45, 7) is 0.918. The summed E-state index contributed by atoms with van der Waals surface area (Å²) in [5.41, 5.74) is 8.42. The molecule has 168 valence electrons. The Hall–Kier alpha value is -3.83. The minimum atomic E-state index is 0.671. The number of hydrogen-bond donors (Lipinski definition) is 2. The molecule has 0 amide bonds. The molecule has 5 nitrogen and oxygen atoms in total. The maximum atomic E-state index is 5.14. The Morgan fingerprint density at radius 2 is 1.68 bits per heavy atom. The molecule has 5 aromatic rings. The van der Waals surface area contributed by atoms with Crippen molar-refractivity contribution in [2.75, 3.05) is 0 Å². The molecule has 0 aliphatic heterocycles. The van der Waals surface area contributed by atoms with Gasteiger partial charge in [0.2, 0.25) is 0 Å². The molecule has 0 unspecified atom stereocenters. The number of benzene rings is 2. The second-order valence-electron chi connectivity index (χ2n) is 9.02. The highest BCUT2D eigenvalue weighted by Crippen LogP contribution is 2.36. The Bertz CT molecular complexity index is 1390. The largest absolute Gasteiger partial charge is 0.310 e. The zero-order chi connectivity index (χ0) is 22.7. The van der Waals surface area contributed by atoms with E-state index >= 15 is 0 Å². The topological polar surface area (TPSA) is 66.5 Å². The van der Waals surface area contributed by atoms with Gasteiger partial charge in [-0.05, 0) is 36.1 Å². The van der Waals surface area contributed by atoms with Gasteiger partial charge in [-0.2, -0.15) is 5.10 Å². The van der Waals surface area contributed by atoms with Gasteiger partial charge in [0, 0.05) is 47.1 Å². The molecule has 1 aliphatic carbocycles. The third-order valence-electron chi connectivity index (χ3n) is 6.78. The van der Waals surface area contributed by atoms with E-state index in [2.05, 4.69) is 75.1 Å². The number of aromatic nitrogens is 4. The summed E-state index contributed by atoms with van der Waals surface area (Å²) in [6.07, 6.45) is 10.8. The molecule has 2 aromatic carbocycles. The molecule has 3 heterocycles. The fourth-order valence-corrected chi connectivity index (χ4v) is 4.94. The standard InChI is InChI=1S/C29H27N5/c1-2-6-21(7-3-1)25-16-26-27(14-15-30-28(26)23-18-32-33-19-23)34-29(25)22-12-10-20(11-13-22)17-31-24-8-4-5-9-24/h1-3,6-7,10-16,18-19,24,31H,4-5,8-9,17H2,(H,32,33). The predicted octanol–water partition coefficient (Wildman–Crippen LogP) is 6.39. The molecule has 0 saturated heterocycles. The van der Waals surface area contributed by atoms with Crippen molar-refractivity contribution in [3.8, 4) is 33.6 Å². The van der Waals surface area contributed by atoms with Crippen LogP contribution < -0.4 is 5.32 Å². The van der Waals surface area contributed by atoms with Gasteiger partial charge in [0.05, 0.1) is 23.1 Å². The number of nitrogens with zero attached hydrogens (tertiary/aromatic N) is 3. The Kier molecular flexibility index (Phi) is 5.61. The smallest absolute Gasteiger partial charge is 0.0827 e. The van der Waals surface area contributed by atoms with Crippen molar-refractivity contribution in [1.82, 2.24) is 25.5 Å². The fraction of sp³-hybridized carbons (Fsp3) is 0.207. The van der Waals surface area contributed by atoms with Crippen molar-refractivity contribution < 1.29 is 0 Å². The summed E-state index contributed by atoms with van der Waals surface area (Å²) in [4.78, 5) is 9.79. The van der Waals surface area contributed by atoms with E-state index in [9.17, 15) is 0 Å². The SMILES string of the molecule is c1ccc(-c2cc3c(-c4cn[nH]c4)nccc3nc2-c2ccc(CNC3CCCC3)cc2)cc1. The second kappa shape index (κ2) is 9.20. The molecule has 3 aromatic heterocycles.